The molecule has 0 aromatic carbocycles. The standard InChI is InChI=1S/C12H20N2O3/c1-10(2)8-16-5-4-12(15)17-9-11-6-13-14(3)7-11/h6-7,10H,4-5,8-9H2,1-3H3. The number of carbonyl (C=O) groups excluding carboxylic acids is 1. The fourth-order valence-electron chi connectivity index (χ4n) is 1.26. The Hall–Kier alpha value is -1.36. The highest BCUT2D eigenvalue weighted by molar-refractivity contribution is 5.69. The lowest BCUT2D eigenvalue weighted by atomic mass is 10.2. The summed E-state index contributed by atoms with van der Waals surface area (Å²) in [5.41, 5.74) is 0.893. The average molecular weight is 240 g/mol. The Labute approximate surface area is 102 Å². The van der Waals surface area contributed by atoms with Crippen molar-refractivity contribution in [2.75, 3.05) is 13.2 Å². The van der Waals surface area contributed by atoms with Crippen molar-refractivity contribution in [2.24, 2.45) is 13.0 Å². The van der Waals surface area contributed by atoms with Crippen LogP contribution in [-0.4, -0.2) is 29.0 Å². The van der Waals surface area contributed by atoms with Crippen LogP contribution in [0.1, 0.15) is 25.8 Å². The largest absolute Gasteiger partial charge is 0.461 e. The van der Waals surface area contributed by atoms with E-state index in [1.807, 2.05) is 13.2 Å². The normalized spacial score (nSPS) is 10.8. The molecule has 0 spiro atoms. The SMILES string of the molecule is CC(C)COCCC(=O)OCc1cnn(C)c1. The van der Waals surface area contributed by atoms with Crippen molar-refractivity contribution >= 4 is 5.97 Å². The molecule has 0 amide bonds. The molecule has 96 valence electrons. The topological polar surface area (TPSA) is 53.4 Å². The zero-order valence-corrected chi connectivity index (χ0v) is 10.7. The molecule has 0 saturated heterocycles. The van der Waals surface area contributed by atoms with Gasteiger partial charge < -0.3 is 9.47 Å². The first kappa shape index (κ1) is 13.7. The van der Waals surface area contributed by atoms with Crippen molar-refractivity contribution in [3.05, 3.63) is 18.0 Å². The third-order valence-corrected chi connectivity index (χ3v) is 2.06. The molecule has 0 saturated carbocycles. The molecule has 1 aromatic heterocycles. The molecule has 0 unspecified atom stereocenters. The molecule has 0 aliphatic carbocycles. The van der Waals surface area contributed by atoms with Crippen LogP contribution in [0.4, 0.5) is 0 Å². The highest BCUT2D eigenvalue weighted by atomic mass is 16.5. The Morgan fingerprint density at radius 2 is 2.29 bits per heavy atom. The van der Waals surface area contributed by atoms with Crippen LogP contribution in [0.3, 0.4) is 0 Å². The smallest absolute Gasteiger partial charge is 0.308 e. The summed E-state index contributed by atoms with van der Waals surface area (Å²) in [7, 11) is 1.82. The molecule has 5 heteroatoms. The van der Waals surface area contributed by atoms with Gasteiger partial charge >= 0.3 is 5.97 Å². The first-order chi connectivity index (χ1) is 8.08. The van der Waals surface area contributed by atoms with Gasteiger partial charge in [-0.15, -0.1) is 0 Å². The van der Waals surface area contributed by atoms with Gasteiger partial charge in [0.15, 0.2) is 0 Å². The maximum absolute atomic E-state index is 11.3. The summed E-state index contributed by atoms with van der Waals surface area (Å²) in [5, 5.41) is 3.99. The van der Waals surface area contributed by atoms with Crippen molar-refractivity contribution in [1.82, 2.24) is 9.78 Å². The summed E-state index contributed by atoms with van der Waals surface area (Å²) in [6.07, 6.45) is 3.80. The van der Waals surface area contributed by atoms with E-state index in [4.69, 9.17) is 9.47 Å². The van der Waals surface area contributed by atoms with Gasteiger partial charge in [0.1, 0.15) is 6.61 Å². The molecule has 5 nitrogen and oxygen atoms in total. The minimum Gasteiger partial charge on any atom is -0.461 e. The molecule has 0 aliphatic heterocycles. The number of ether oxygens (including phenoxy) is 2. The van der Waals surface area contributed by atoms with Gasteiger partial charge in [0, 0.05) is 25.4 Å². The van der Waals surface area contributed by atoms with Gasteiger partial charge in [0.2, 0.25) is 0 Å². The monoisotopic (exact) mass is 240 g/mol. The number of rotatable bonds is 7. The lowest BCUT2D eigenvalue weighted by molar-refractivity contribution is -0.146. The zero-order valence-electron chi connectivity index (χ0n) is 10.7. The quantitative estimate of drug-likeness (QED) is 0.535. The van der Waals surface area contributed by atoms with E-state index in [0.717, 1.165) is 5.56 Å². The van der Waals surface area contributed by atoms with Crippen molar-refractivity contribution < 1.29 is 14.3 Å². The zero-order chi connectivity index (χ0) is 12.7. The number of carbonyl (C=O) groups is 1. The number of hydrogen-bond acceptors (Lipinski definition) is 4. The summed E-state index contributed by atoms with van der Waals surface area (Å²) >= 11 is 0. The Morgan fingerprint density at radius 1 is 1.53 bits per heavy atom. The van der Waals surface area contributed by atoms with Crippen LogP contribution in [0.15, 0.2) is 12.4 Å². The van der Waals surface area contributed by atoms with E-state index in [1.54, 1.807) is 10.9 Å². The summed E-state index contributed by atoms with van der Waals surface area (Å²) in [5.74, 6) is 0.249. The average Bonchev–Trinajstić information content (AvgIpc) is 2.67. The third kappa shape index (κ3) is 6.06. The molecule has 0 bridgehead atoms. The molecule has 0 radical (unpaired) electrons. The molecule has 1 heterocycles. The van der Waals surface area contributed by atoms with Gasteiger partial charge in [-0.1, -0.05) is 13.8 Å². The maximum Gasteiger partial charge on any atom is 0.308 e. The van der Waals surface area contributed by atoms with E-state index < -0.39 is 0 Å². The summed E-state index contributed by atoms with van der Waals surface area (Å²) < 4.78 is 12.1. The number of hydrogen-bond donors (Lipinski definition) is 0. The molecule has 0 aliphatic rings. The van der Waals surface area contributed by atoms with E-state index in [9.17, 15) is 4.79 Å². The van der Waals surface area contributed by atoms with Crippen molar-refractivity contribution in [3.8, 4) is 0 Å². The maximum atomic E-state index is 11.3. The Kier molecular flexibility index (Phi) is 5.69. The van der Waals surface area contributed by atoms with Gasteiger partial charge in [0.05, 0.1) is 19.2 Å². The predicted octanol–water partition coefficient (Wildman–Crippen LogP) is 1.53. The fraction of sp³-hybridized carbons (Fsp3) is 0.667. The summed E-state index contributed by atoms with van der Waals surface area (Å²) in [6.45, 7) is 5.51. The lowest BCUT2D eigenvalue weighted by Crippen LogP contribution is -2.10. The molecule has 0 atom stereocenters. The molecule has 0 N–H and O–H groups in total. The van der Waals surface area contributed by atoms with Crippen molar-refractivity contribution in [2.45, 2.75) is 26.9 Å². The van der Waals surface area contributed by atoms with Crippen LogP contribution in [-0.2, 0) is 27.9 Å². The molecule has 1 aromatic rings. The minimum atomic E-state index is -0.238. The second kappa shape index (κ2) is 7.06. The first-order valence-corrected chi connectivity index (χ1v) is 5.79. The van der Waals surface area contributed by atoms with E-state index in [0.29, 0.717) is 25.6 Å². The molecular formula is C12H20N2O3. The van der Waals surface area contributed by atoms with E-state index in [2.05, 4.69) is 18.9 Å². The predicted molar refractivity (Wildman–Crippen MR) is 63.3 cm³/mol. The van der Waals surface area contributed by atoms with Crippen molar-refractivity contribution in [3.63, 3.8) is 0 Å². The van der Waals surface area contributed by atoms with Crippen LogP contribution in [0, 0.1) is 5.92 Å². The number of aryl methyl sites for hydroxylation is 1. The van der Waals surface area contributed by atoms with Crippen LogP contribution >= 0.6 is 0 Å². The summed E-state index contributed by atoms with van der Waals surface area (Å²) in [6, 6.07) is 0. The Morgan fingerprint density at radius 3 is 2.88 bits per heavy atom. The molecule has 0 fully saturated rings. The molecule has 1 rings (SSSR count). The minimum absolute atomic E-state index is 0.238. The van der Waals surface area contributed by atoms with Gasteiger partial charge in [0.25, 0.3) is 0 Å². The highest BCUT2D eigenvalue weighted by Crippen LogP contribution is 2.01. The van der Waals surface area contributed by atoms with Gasteiger partial charge in [-0.3, -0.25) is 9.48 Å². The highest BCUT2D eigenvalue weighted by Gasteiger charge is 2.05. The lowest BCUT2D eigenvalue weighted by Gasteiger charge is -2.06. The van der Waals surface area contributed by atoms with Crippen molar-refractivity contribution in [1.29, 1.82) is 0 Å². The number of esters is 1. The van der Waals surface area contributed by atoms with Gasteiger partial charge in [-0.2, -0.15) is 5.10 Å². The Bertz CT molecular complexity index is 347. The Balaban J connectivity index is 2.09. The number of aromatic nitrogens is 2. The second-order valence-electron chi connectivity index (χ2n) is 4.40. The van der Waals surface area contributed by atoms with E-state index in [-0.39, 0.29) is 12.6 Å². The molecular weight excluding hydrogens is 220 g/mol. The van der Waals surface area contributed by atoms with E-state index >= 15 is 0 Å². The molecule has 17 heavy (non-hydrogen) atoms. The first-order valence-electron chi connectivity index (χ1n) is 5.79. The van der Waals surface area contributed by atoms with Gasteiger partial charge in [-0.25, -0.2) is 0 Å². The van der Waals surface area contributed by atoms with Crippen LogP contribution in [0.2, 0.25) is 0 Å². The van der Waals surface area contributed by atoms with Crippen LogP contribution in [0.25, 0.3) is 0 Å². The van der Waals surface area contributed by atoms with E-state index in [1.165, 1.54) is 0 Å². The van der Waals surface area contributed by atoms with Gasteiger partial charge in [-0.05, 0) is 5.92 Å². The number of nitrogens with zero attached hydrogens (tertiary/aromatic N) is 2. The summed E-state index contributed by atoms with van der Waals surface area (Å²) in [4.78, 5) is 11.3. The fourth-order valence-corrected chi connectivity index (χ4v) is 1.26. The van der Waals surface area contributed by atoms with Crippen LogP contribution < -0.4 is 0 Å². The second-order valence-corrected chi connectivity index (χ2v) is 4.40. The van der Waals surface area contributed by atoms with Crippen LogP contribution in [0.5, 0.6) is 0 Å². The third-order valence-electron chi connectivity index (χ3n) is 2.06.